The molecule has 2 heterocycles. The quantitative estimate of drug-likeness (QED) is 0.939. The van der Waals surface area contributed by atoms with Gasteiger partial charge in [-0.05, 0) is 37.0 Å². The van der Waals surface area contributed by atoms with Gasteiger partial charge in [0.2, 0.25) is 5.95 Å². The standard InChI is InChI=1S/C17H21FN4O/c1-3-14-15(4-2)20-21-17(19-14)22-10-13(23)9-16(22)11-6-5-7-12(18)8-11/h5-8,13,16,23H,3-4,9-10H2,1-2H3. The van der Waals surface area contributed by atoms with Crippen LogP contribution in [0.25, 0.3) is 0 Å². The van der Waals surface area contributed by atoms with Crippen molar-refractivity contribution in [3.63, 3.8) is 0 Å². The lowest BCUT2D eigenvalue weighted by Crippen LogP contribution is -2.27. The van der Waals surface area contributed by atoms with E-state index in [4.69, 9.17) is 0 Å². The van der Waals surface area contributed by atoms with Crippen LogP contribution in [0.5, 0.6) is 0 Å². The van der Waals surface area contributed by atoms with Gasteiger partial charge in [0, 0.05) is 6.54 Å². The molecule has 2 aromatic rings. The van der Waals surface area contributed by atoms with E-state index >= 15 is 0 Å². The number of hydrogen-bond acceptors (Lipinski definition) is 5. The van der Waals surface area contributed by atoms with Crippen molar-refractivity contribution in [1.29, 1.82) is 0 Å². The van der Waals surface area contributed by atoms with Crippen molar-refractivity contribution in [2.24, 2.45) is 0 Å². The van der Waals surface area contributed by atoms with Crippen LogP contribution in [0.15, 0.2) is 24.3 Å². The average molecular weight is 316 g/mol. The molecule has 1 fully saturated rings. The molecule has 0 radical (unpaired) electrons. The number of halogens is 1. The van der Waals surface area contributed by atoms with Gasteiger partial charge in [-0.3, -0.25) is 0 Å². The summed E-state index contributed by atoms with van der Waals surface area (Å²) < 4.78 is 13.5. The molecule has 122 valence electrons. The minimum atomic E-state index is -0.484. The first-order chi connectivity index (χ1) is 11.1. The number of β-amino-alcohol motifs (C(OH)–C–C–N with tert-alkyl or cyclic N) is 1. The molecule has 2 atom stereocenters. The van der Waals surface area contributed by atoms with Crippen molar-refractivity contribution in [1.82, 2.24) is 15.2 Å². The molecule has 1 aromatic heterocycles. The molecule has 0 amide bonds. The third-order valence-corrected chi connectivity index (χ3v) is 4.27. The van der Waals surface area contributed by atoms with E-state index in [1.807, 2.05) is 24.8 Å². The van der Waals surface area contributed by atoms with E-state index in [0.29, 0.717) is 18.9 Å². The highest BCUT2D eigenvalue weighted by Crippen LogP contribution is 2.34. The van der Waals surface area contributed by atoms with Crippen LogP contribution >= 0.6 is 0 Å². The Bertz CT molecular complexity index is 694. The fraction of sp³-hybridized carbons (Fsp3) is 0.471. The van der Waals surface area contributed by atoms with E-state index in [1.165, 1.54) is 12.1 Å². The predicted molar refractivity (Wildman–Crippen MR) is 85.7 cm³/mol. The summed E-state index contributed by atoms with van der Waals surface area (Å²) in [6.07, 6.45) is 1.62. The summed E-state index contributed by atoms with van der Waals surface area (Å²) in [7, 11) is 0. The second kappa shape index (κ2) is 6.58. The molecule has 1 saturated heterocycles. The van der Waals surface area contributed by atoms with E-state index in [-0.39, 0.29) is 11.9 Å². The van der Waals surface area contributed by atoms with Crippen LogP contribution in [0.4, 0.5) is 10.3 Å². The molecule has 2 unspecified atom stereocenters. The Labute approximate surface area is 135 Å². The molecule has 1 aliphatic heterocycles. The monoisotopic (exact) mass is 316 g/mol. The number of aryl methyl sites for hydroxylation is 2. The maximum Gasteiger partial charge on any atom is 0.246 e. The fourth-order valence-electron chi connectivity index (χ4n) is 3.11. The van der Waals surface area contributed by atoms with Gasteiger partial charge in [0.05, 0.1) is 23.5 Å². The summed E-state index contributed by atoms with van der Waals surface area (Å²) in [5.74, 6) is 0.225. The maximum absolute atomic E-state index is 13.5. The first-order valence-electron chi connectivity index (χ1n) is 8.05. The molecule has 5 nitrogen and oxygen atoms in total. The molecule has 0 bridgehead atoms. The number of benzene rings is 1. The van der Waals surface area contributed by atoms with Gasteiger partial charge >= 0.3 is 0 Å². The maximum atomic E-state index is 13.5. The van der Waals surface area contributed by atoms with Gasteiger partial charge in [-0.15, -0.1) is 5.10 Å². The fourth-order valence-corrected chi connectivity index (χ4v) is 3.11. The molecule has 0 saturated carbocycles. The smallest absolute Gasteiger partial charge is 0.246 e. The molecule has 1 aromatic carbocycles. The van der Waals surface area contributed by atoms with Crippen molar-refractivity contribution in [3.8, 4) is 0 Å². The molecule has 6 heteroatoms. The first-order valence-corrected chi connectivity index (χ1v) is 8.05. The van der Waals surface area contributed by atoms with Crippen LogP contribution in [0.2, 0.25) is 0 Å². The molecule has 0 spiro atoms. The van der Waals surface area contributed by atoms with Crippen LogP contribution in [0, 0.1) is 5.82 Å². The SMILES string of the molecule is CCc1nnc(N2CC(O)CC2c2cccc(F)c2)nc1CC. The lowest BCUT2D eigenvalue weighted by molar-refractivity contribution is 0.194. The minimum absolute atomic E-state index is 0.139. The summed E-state index contributed by atoms with van der Waals surface area (Å²) in [4.78, 5) is 6.55. The molecular formula is C17H21FN4O. The highest BCUT2D eigenvalue weighted by atomic mass is 19.1. The van der Waals surface area contributed by atoms with Gasteiger partial charge in [0.25, 0.3) is 0 Å². The summed E-state index contributed by atoms with van der Waals surface area (Å²) >= 11 is 0. The number of anilines is 1. The van der Waals surface area contributed by atoms with Gasteiger partial charge in [-0.25, -0.2) is 9.37 Å². The third-order valence-electron chi connectivity index (χ3n) is 4.27. The first kappa shape index (κ1) is 15.8. The lowest BCUT2D eigenvalue weighted by atomic mass is 10.0. The van der Waals surface area contributed by atoms with E-state index in [2.05, 4.69) is 15.2 Å². The van der Waals surface area contributed by atoms with E-state index in [9.17, 15) is 9.50 Å². The zero-order valence-corrected chi connectivity index (χ0v) is 13.4. The Morgan fingerprint density at radius 1 is 1.22 bits per heavy atom. The van der Waals surface area contributed by atoms with Gasteiger partial charge in [0.1, 0.15) is 5.82 Å². The highest BCUT2D eigenvalue weighted by Gasteiger charge is 2.34. The topological polar surface area (TPSA) is 62.1 Å². The molecular weight excluding hydrogens is 295 g/mol. The van der Waals surface area contributed by atoms with Crippen molar-refractivity contribution >= 4 is 5.95 Å². The number of aromatic nitrogens is 3. The van der Waals surface area contributed by atoms with Gasteiger partial charge in [0.15, 0.2) is 0 Å². The number of hydrogen-bond donors (Lipinski definition) is 1. The Hall–Kier alpha value is -2.08. The molecule has 1 N–H and O–H groups in total. The third kappa shape index (κ3) is 3.17. The Kier molecular flexibility index (Phi) is 4.52. The van der Waals surface area contributed by atoms with Crippen LogP contribution in [-0.4, -0.2) is 32.9 Å². The number of nitrogens with zero attached hydrogens (tertiary/aromatic N) is 4. The van der Waals surface area contributed by atoms with Crippen LogP contribution in [-0.2, 0) is 12.8 Å². The number of aliphatic hydroxyl groups excluding tert-OH is 1. The lowest BCUT2D eigenvalue weighted by Gasteiger charge is -2.24. The van der Waals surface area contributed by atoms with Crippen LogP contribution < -0.4 is 4.90 Å². The molecule has 0 aliphatic carbocycles. The zero-order valence-electron chi connectivity index (χ0n) is 13.4. The van der Waals surface area contributed by atoms with Gasteiger partial charge < -0.3 is 10.0 Å². The molecule has 23 heavy (non-hydrogen) atoms. The summed E-state index contributed by atoms with van der Waals surface area (Å²) in [6, 6.07) is 6.34. The second-order valence-corrected chi connectivity index (χ2v) is 5.82. The predicted octanol–water partition coefficient (Wildman–Crippen LogP) is 2.45. The van der Waals surface area contributed by atoms with E-state index < -0.39 is 6.10 Å². The Morgan fingerprint density at radius 3 is 2.70 bits per heavy atom. The van der Waals surface area contributed by atoms with Gasteiger partial charge in [-0.2, -0.15) is 5.10 Å². The van der Waals surface area contributed by atoms with E-state index in [1.54, 1.807) is 6.07 Å². The number of rotatable bonds is 4. The molecule has 1 aliphatic rings. The highest BCUT2D eigenvalue weighted by molar-refractivity contribution is 5.39. The second-order valence-electron chi connectivity index (χ2n) is 5.82. The van der Waals surface area contributed by atoms with Crippen molar-refractivity contribution in [2.75, 3.05) is 11.4 Å². The summed E-state index contributed by atoms with van der Waals surface area (Å²) in [5.41, 5.74) is 2.65. The Balaban J connectivity index is 1.96. The van der Waals surface area contributed by atoms with Gasteiger partial charge in [-0.1, -0.05) is 26.0 Å². The summed E-state index contributed by atoms with van der Waals surface area (Å²) in [6.45, 7) is 4.49. The average Bonchev–Trinajstić information content (AvgIpc) is 2.96. The Morgan fingerprint density at radius 2 is 2.00 bits per heavy atom. The van der Waals surface area contributed by atoms with Crippen molar-refractivity contribution < 1.29 is 9.50 Å². The van der Waals surface area contributed by atoms with Crippen molar-refractivity contribution in [2.45, 2.75) is 45.3 Å². The normalized spacial score (nSPS) is 21.0. The van der Waals surface area contributed by atoms with Crippen LogP contribution in [0.1, 0.15) is 43.3 Å². The molecule has 3 rings (SSSR count). The zero-order chi connectivity index (χ0) is 16.4. The largest absolute Gasteiger partial charge is 0.391 e. The van der Waals surface area contributed by atoms with Crippen molar-refractivity contribution in [3.05, 3.63) is 47.0 Å². The van der Waals surface area contributed by atoms with E-state index in [0.717, 1.165) is 29.8 Å². The van der Waals surface area contributed by atoms with Crippen LogP contribution in [0.3, 0.4) is 0 Å². The minimum Gasteiger partial charge on any atom is -0.391 e. The summed E-state index contributed by atoms with van der Waals surface area (Å²) in [5, 5.41) is 18.6. The number of aliphatic hydroxyl groups is 1.